The Morgan fingerprint density at radius 2 is 2.00 bits per heavy atom. The van der Waals surface area contributed by atoms with E-state index in [9.17, 15) is 4.79 Å². The summed E-state index contributed by atoms with van der Waals surface area (Å²) in [4.78, 5) is 18.1. The van der Waals surface area contributed by atoms with Crippen molar-refractivity contribution in [2.24, 2.45) is 4.99 Å². The molecule has 0 radical (unpaired) electrons. The number of rotatable bonds is 8. The lowest BCUT2D eigenvalue weighted by Crippen LogP contribution is -2.14. The van der Waals surface area contributed by atoms with Crippen LogP contribution in [0.2, 0.25) is 0 Å². The van der Waals surface area contributed by atoms with Gasteiger partial charge in [-0.2, -0.15) is 0 Å². The molecule has 4 nitrogen and oxygen atoms in total. The van der Waals surface area contributed by atoms with Crippen molar-refractivity contribution < 1.29 is 9.53 Å². The summed E-state index contributed by atoms with van der Waals surface area (Å²) in [5, 5.41) is 0.380. The highest BCUT2D eigenvalue weighted by atomic mass is 35.5. The first-order valence-corrected chi connectivity index (χ1v) is 7.45. The molecule has 0 aromatic rings. The van der Waals surface area contributed by atoms with Crippen molar-refractivity contribution in [3.8, 4) is 0 Å². The Morgan fingerprint density at radius 3 is 2.48 bits per heavy atom. The molecule has 0 aliphatic carbocycles. The molecule has 0 saturated carbocycles. The molecule has 0 amide bonds. The summed E-state index contributed by atoms with van der Waals surface area (Å²) >= 11 is 5.88. The molecule has 0 aromatic carbocycles. The summed E-state index contributed by atoms with van der Waals surface area (Å²) in [6, 6.07) is 0. The second-order valence-electron chi connectivity index (χ2n) is 4.54. The van der Waals surface area contributed by atoms with E-state index < -0.39 is 0 Å². The van der Waals surface area contributed by atoms with Crippen LogP contribution in [0.4, 0.5) is 0 Å². The molecule has 0 spiro atoms. The molecule has 0 heterocycles. The Morgan fingerprint density at radius 1 is 1.33 bits per heavy atom. The van der Waals surface area contributed by atoms with Crippen LogP contribution in [0.25, 0.3) is 0 Å². The fraction of sp³-hybridized carbons (Fsp3) is 0.500. The number of carbonyl (C=O) groups excluding carboxylic acids is 1. The van der Waals surface area contributed by atoms with Crippen LogP contribution < -0.4 is 0 Å². The van der Waals surface area contributed by atoms with Crippen LogP contribution in [0, 0.1) is 0 Å². The Bertz CT molecular complexity index is 449. The van der Waals surface area contributed by atoms with Crippen LogP contribution in [0.15, 0.2) is 39.6 Å². The monoisotopic (exact) mass is 312 g/mol. The molecular weight excluding hydrogens is 288 g/mol. The number of unbranched alkanes of at least 4 members (excludes halogenated alkanes) is 1. The highest BCUT2D eigenvalue weighted by molar-refractivity contribution is 6.29. The number of nitrogens with zero attached hydrogens (tertiary/aromatic N) is 2. The Hall–Kier alpha value is -1.55. The summed E-state index contributed by atoms with van der Waals surface area (Å²) in [6.07, 6.45) is 8.82. The molecule has 118 valence electrons. The third kappa shape index (κ3) is 8.35. The predicted molar refractivity (Wildman–Crippen MR) is 89.5 cm³/mol. The van der Waals surface area contributed by atoms with E-state index in [2.05, 4.69) is 11.9 Å². The summed E-state index contributed by atoms with van der Waals surface area (Å²) in [5.41, 5.74) is 1.18. The van der Waals surface area contributed by atoms with Gasteiger partial charge >= 0.3 is 5.97 Å². The molecule has 0 aromatic heterocycles. The zero-order valence-corrected chi connectivity index (χ0v) is 14.3. The highest BCUT2D eigenvalue weighted by Crippen LogP contribution is 2.14. The molecule has 0 rings (SSSR count). The maximum absolute atomic E-state index is 12.1. The van der Waals surface area contributed by atoms with Crippen molar-refractivity contribution in [1.29, 1.82) is 0 Å². The Balaban J connectivity index is 5.58. The summed E-state index contributed by atoms with van der Waals surface area (Å²) in [6.45, 7) is 5.99. The smallest absolute Gasteiger partial charge is 0.340 e. The quantitative estimate of drug-likeness (QED) is 0.224. The van der Waals surface area contributed by atoms with Crippen LogP contribution in [-0.2, 0) is 9.53 Å². The van der Waals surface area contributed by atoms with Gasteiger partial charge in [0, 0.05) is 32.1 Å². The van der Waals surface area contributed by atoms with E-state index in [1.54, 1.807) is 37.2 Å². The summed E-state index contributed by atoms with van der Waals surface area (Å²) < 4.78 is 5.12. The maximum atomic E-state index is 12.1. The van der Waals surface area contributed by atoms with Crippen LogP contribution >= 0.6 is 11.6 Å². The van der Waals surface area contributed by atoms with E-state index in [-0.39, 0.29) is 5.97 Å². The second-order valence-corrected chi connectivity index (χ2v) is 4.93. The van der Waals surface area contributed by atoms with Gasteiger partial charge in [-0.15, -0.1) is 0 Å². The minimum Gasteiger partial charge on any atom is -0.462 e. The second kappa shape index (κ2) is 11.1. The van der Waals surface area contributed by atoms with Gasteiger partial charge < -0.3 is 9.64 Å². The molecule has 0 atom stereocenters. The van der Waals surface area contributed by atoms with E-state index in [1.807, 2.05) is 20.2 Å². The largest absolute Gasteiger partial charge is 0.462 e. The van der Waals surface area contributed by atoms with Crippen LogP contribution in [0.5, 0.6) is 0 Å². The van der Waals surface area contributed by atoms with Gasteiger partial charge in [0.15, 0.2) is 0 Å². The normalized spacial score (nSPS) is 13.7. The molecule has 0 bridgehead atoms. The maximum Gasteiger partial charge on any atom is 0.340 e. The zero-order chi connectivity index (χ0) is 16.3. The molecule has 21 heavy (non-hydrogen) atoms. The average Bonchev–Trinajstić information content (AvgIpc) is 2.45. The standard InChI is InChI=1S/C16H25ClN2O2/c1-6-9-10-13(11-18-15(17)7-2)14(12-19(4)5)16(20)21-8-3/h7,10-12H,6,8-9H2,1-5H3/b13-10-,14-12+,15-7-,18-11+. The number of allylic oxidation sites excluding steroid dienone is 2. The molecule has 0 fully saturated rings. The topological polar surface area (TPSA) is 41.9 Å². The Kier molecular flexibility index (Phi) is 10.3. The van der Waals surface area contributed by atoms with Gasteiger partial charge in [-0.25, -0.2) is 9.79 Å². The highest BCUT2D eigenvalue weighted by Gasteiger charge is 2.15. The van der Waals surface area contributed by atoms with Crippen molar-refractivity contribution in [3.05, 3.63) is 34.7 Å². The molecule has 0 aliphatic heterocycles. The fourth-order valence-electron chi connectivity index (χ4n) is 1.45. The van der Waals surface area contributed by atoms with Crippen molar-refractivity contribution in [1.82, 2.24) is 4.90 Å². The lowest BCUT2D eigenvalue weighted by molar-refractivity contribution is -0.138. The lowest BCUT2D eigenvalue weighted by Gasteiger charge is -2.12. The molecule has 0 aliphatic rings. The third-order valence-corrected chi connectivity index (χ3v) is 2.73. The first-order valence-electron chi connectivity index (χ1n) is 7.07. The van der Waals surface area contributed by atoms with Gasteiger partial charge in [-0.3, -0.25) is 0 Å². The molecule has 0 unspecified atom stereocenters. The lowest BCUT2D eigenvalue weighted by atomic mass is 10.1. The minimum absolute atomic E-state index is 0.331. The van der Waals surface area contributed by atoms with Gasteiger partial charge in [0.05, 0.1) is 12.2 Å². The van der Waals surface area contributed by atoms with Crippen LogP contribution in [0.1, 0.15) is 33.6 Å². The van der Waals surface area contributed by atoms with E-state index in [4.69, 9.17) is 16.3 Å². The van der Waals surface area contributed by atoms with Crippen molar-refractivity contribution in [2.75, 3.05) is 20.7 Å². The molecule has 0 saturated heterocycles. The zero-order valence-electron chi connectivity index (χ0n) is 13.5. The van der Waals surface area contributed by atoms with E-state index in [0.717, 1.165) is 12.8 Å². The SMILES string of the molecule is C\C=C(Cl)/N=C/C(=C/CCC)C(=C\N(C)C)/C(=O)OCC. The van der Waals surface area contributed by atoms with Gasteiger partial charge in [-0.05, 0) is 20.3 Å². The van der Waals surface area contributed by atoms with Crippen molar-refractivity contribution in [3.63, 3.8) is 0 Å². The molecule has 5 heteroatoms. The van der Waals surface area contributed by atoms with Gasteiger partial charge in [0.2, 0.25) is 0 Å². The fourth-order valence-corrected chi connectivity index (χ4v) is 1.50. The number of hydrogen-bond donors (Lipinski definition) is 0. The van der Waals surface area contributed by atoms with Crippen molar-refractivity contribution >= 4 is 23.8 Å². The van der Waals surface area contributed by atoms with E-state index >= 15 is 0 Å². The van der Waals surface area contributed by atoms with Gasteiger partial charge in [-0.1, -0.05) is 37.1 Å². The average molecular weight is 313 g/mol. The molecule has 0 N–H and O–H groups in total. The van der Waals surface area contributed by atoms with Gasteiger partial charge in [0.1, 0.15) is 5.16 Å². The first-order chi connectivity index (χ1) is 9.96. The number of hydrogen-bond acceptors (Lipinski definition) is 4. The van der Waals surface area contributed by atoms with Crippen LogP contribution in [-0.4, -0.2) is 37.8 Å². The Labute approximate surface area is 132 Å². The summed E-state index contributed by atoms with van der Waals surface area (Å²) in [7, 11) is 3.71. The number of aliphatic imine (C=N–C) groups is 1. The first kappa shape index (κ1) is 19.4. The van der Waals surface area contributed by atoms with Crippen LogP contribution in [0.3, 0.4) is 0 Å². The number of halogens is 1. The predicted octanol–water partition coefficient (Wildman–Crippen LogP) is 3.89. The summed E-state index contributed by atoms with van der Waals surface area (Å²) in [5.74, 6) is -0.364. The minimum atomic E-state index is -0.364. The number of carbonyl (C=O) groups is 1. The van der Waals surface area contributed by atoms with E-state index in [1.165, 1.54) is 0 Å². The number of ether oxygens (including phenoxy) is 1. The van der Waals surface area contributed by atoms with E-state index in [0.29, 0.717) is 22.9 Å². The van der Waals surface area contributed by atoms with Crippen molar-refractivity contribution in [2.45, 2.75) is 33.6 Å². The molecular formula is C16H25ClN2O2. The van der Waals surface area contributed by atoms with Gasteiger partial charge in [0.25, 0.3) is 0 Å². The third-order valence-electron chi connectivity index (χ3n) is 2.41. The number of esters is 1.